The molecular weight excluding hydrogens is 276 g/mol. The summed E-state index contributed by atoms with van der Waals surface area (Å²) in [7, 11) is 2.12. The van der Waals surface area contributed by atoms with E-state index >= 15 is 0 Å². The van der Waals surface area contributed by atoms with E-state index in [-0.39, 0.29) is 0 Å². The number of likely N-dealkylation sites (N-methyl/N-ethyl adjacent to an activating group) is 1. The Kier molecular flexibility index (Phi) is 4.68. The molecule has 0 aromatic heterocycles. The zero-order valence-corrected chi connectivity index (χ0v) is 12.5. The minimum atomic E-state index is -0.970. The van der Waals surface area contributed by atoms with Gasteiger partial charge >= 0.3 is 5.97 Å². The van der Waals surface area contributed by atoms with Gasteiger partial charge in [-0.05, 0) is 32.2 Å². The smallest absolute Gasteiger partial charge is 0.328 e. The van der Waals surface area contributed by atoms with Gasteiger partial charge < -0.3 is 14.9 Å². The van der Waals surface area contributed by atoms with Gasteiger partial charge in [-0.3, -0.25) is 0 Å². The second kappa shape index (κ2) is 6.29. The number of carboxylic acid groups (broad SMARTS) is 1. The summed E-state index contributed by atoms with van der Waals surface area (Å²) < 4.78 is 0. The van der Waals surface area contributed by atoms with Gasteiger partial charge in [-0.25, -0.2) is 4.79 Å². The SMILES string of the molecule is CC1CN(c2cccc(Cl)c2C=CC(=O)O)CCN1C. The average Bonchev–Trinajstić information content (AvgIpc) is 2.40. The van der Waals surface area contributed by atoms with E-state index in [1.165, 1.54) is 0 Å². The molecule has 5 heteroatoms. The van der Waals surface area contributed by atoms with Crippen LogP contribution in [0.4, 0.5) is 5.69 Å². The largest absolute Gasteiger partial charge is 0.478 e. The summed E-state index contributed by atoms with van der Waals surface area (Å²) in [6, 6.07) is 6.13. The number of anilines is 1. The van der Waals surface area contributed by atoms with Crippen LogP contribution in [-0.2, 0) is 4.79 Å². The zero-order valence-electron chi connectivity index (χ0n) is 11.7. The zero-order chi connectivity index (χ0) is 14.7. The van der Waals surface area contributed by atoms with Gasteiger partial charge in [-0.15, -0.1) is 0 Å². The lowest BCUT2D eigenvalue weighted by Gasteiger charge is -2.39. The van der Waals surface area contributed by atoms with Crippen LogP contribution in [0.25, 0.3) is 6.08 Å². The summed E-state index contributed by atoms with van der Waals surface area (Å²) in [5, 5.41) is 9.37. The average molecular weight is 295 g/mol. The Bertz CT molecular complexity index is 531. The van der Waals surface area contributed by atoms with Crippen LogP contribution in [0.2, 0.25) is 5.02 Å². The molecule has 1 aliphatic rings. The predicted octanol–water partition coefficient (Wildman–Crippen LogP) is 2.58. The summed E-state index contributed by atoms with van der Waals surface area (Å²) in [5.74, 6) is -0.970. The highest BCUT2D eigenvalue weighted by atomic mass is 35.5. The van der Waals surface area contributed by atoms with Gasteiger partial charge in [0.2, 0.25) is 0 Å². The van der Waals surface area contributed by atoms with Crippen molar-refractivity contribution in [2.75, 3.05) is 31.6 Å². The fraction of sp³-hybridized carbons (Fsp3) is 0.400. The van der Waals surface area contributed by atoms with Crippen molar-refractivity contribution in [3.8, 4) is 0 Å². The third-order valence-electron chi connectivity index (χ3n) is 3.72. The third-order valence-corrected chi connectivity index (χ3v) is 4.05. The number of halogens is 1. The topological polar surface area (TPSA) is 43.8 Å². The minimum absolute atomic E-state index is 0.457. The molecule has 4 nitrogen and oxygen atoms in total. The number of aliphatic carboxylic acids is 1. The second-order valence-corrected chi connectivity index (χ2v) is 5.53. The molecule has 0 amide bonds. The van der Waals surface area contributed by atoms with E-state index in [1.54, 1.807) is 12.1 Å². The normalized spacial score (nSPS) is 20.6. The molecule has 1 N–H and O–H groups in total. The van der Waals surface area contributed by atoms with E-state index in [4.69, 9.17) is 16.7 Å². The van der Waals surface area contributed by atoms with Crippen LogP contribution in [0.15, 0.2) is 24.3 Å². The molecule has 1 fully saturated rings. The Balaban J connectivity index is 2.32. The first-order valence-electron chi connectivity index (χ1n) is 6.63. The Morgan fingerprint density at radius 1 is 1.45 bits per heavy atom. The molecule has 1 heterocycles. The van der Waals surface area contributed by atoms with Gasteiger partial charge in [0.1, 0.15) is 0 Å². The Hall–Kier alpha value is -1.52. The van der Waals surface area contributed by atoms with E-state index in [1.807, 2.05) is 12.1 Å². The molecule has 108 valence electrons. The second-order valence-electron chi connectivity index (χ2n) is 5.12. The molecular formula is C15H19ClN2O2. The number of piperazine rings is 1. The minimum Gasteiger partial charge on any atom is -0.478 e. The molecule has 0 aliphatic carbocycles. The summed E-state index contributed by atoms with van der Waals surface area (Å²) >= 11 is 6.22. The quantitative estimate of drug-likeness (QED) is 0.870. The number of carboxylic acids is 1. The molecule has 1 atom stereocenters. The summed E-state index contributed by atoms with van der Waals surface area (Å²) in [6.45, 7) is 4.99. The molecule has 0 radical (unpaired) electrons. The van der Waals surface area contributed by atoms with Crippen molar-refractivity contribution >= 4 is 29.3 Å². The number of hydrogen-bond acceptors (Lipinski definition) is 3. The molecule has 1 aromatic rings. The van der Waals surface area contributed by atoms with Crippen molar-refractivity contribution < 1.29 is 9.90 Å². The Labute approximate surface area is 124 Å². The van der Waals surface area contributed by atoms with Crippen LogP contribution < -0.4 is 4.90 Å². The van der Waals surface area contributed by atoms with Crippen LogP contribution in [0, 0.1) is 0 Å². The van der Waals surface area contributed by atoms with Gasteiger partial charge in [0.25, 0.3) is 0 Å². The fourth-order valence-corrected chi connectivity index (χ4v) is 2.62. The highest BCUT2D eigenvalue weighted by molar-refractivity contribution is 6.32. The first kappa shape index (κ1) is 14.9. The maximum atomic E-state index is 10.7. The molecule has 0 spiro atoms. The van der Waals surface area contributed by atoms with Gasteiger partial charge in [0, 0.05) is 48.0 Å². The number of hydrogen-bond donors (Lipinski definition) is 1. The van der Waals surface area contributed by atoms with Crippen LogP contribution in [-0.4, -0.2) is 48.7 Å². The summed E-state index contributed by atoms with van der Waals surface area (Å²) in [5.41, 5.74) is 1.77. The molecule has 1 unspecified atom stereocenters. The Morgan fingerprint density at radius 3 is 2.85 bits per heavy atom. The van der Waals surface area contributed by atoms with Crippen molar-refractivity contribution in [2.24, 2.45) is 0 Å². The Morgan fingerprint density at radius 2 is 2.20 bits per heavy atom. The first-order chi connectivity index (χ1) is 9.49. The molecule has 2 rings (SSSR count). The third kappa shape index (κ3) is 3.32. The van der Waals surface area contributed by atoms with Gasteiger partial charge in [0.05, 0.1) is 0 Å². The molecule has 0 saturated carbocycles. The van der Waals surface area contributed by atoms with Crippen molar-refractivity contribution in [2.45, 2.75) is 13.0 Å². The van der Waals surface area contributed by atoms with E-state index in [0.29, 0.717) is 11.1 Å². The summed E-state index contributed by atoms with van der Waals surface area (Å²) in [6.07, 6.45) is 2.70. The van der Waals surface area contributed by atoms with Crippen molar-refractivity contribution in [3.63, 3.8) is 0 Å². The van der Waals surface area contributed by atoms with Crippen LogP contribution in [0.5, 0.6) is 0 Å². The van der Waals surface area contributed by atoms with Gasteiger partial charge in [-0.2, -0.15) is 0 Å². The van der Waals surface area contributed by atoms with Crippen LogP contribution in [0.1, 0.15) is 12.5 Å². The van der Waals surface area contributed by atoms with Gasteiger partial charge in [0.15, 0.2) is 0 Å². The van der Waals surface area contributed by atoms with E-state index in [0.717, 1.165) is 37.0 Å². The lowest BCUT2D eigenvalue weighted by atomic mass is 10.1. The molecule has 1 aromatic carbocycles. The molecule has 20 heavy (non-hydrogen) atoms. The van der Waals surface area contributed by atoms with E-state index in [9.17, 15) is 4.79 Å². The number of benzene rings is 1. The number of nitrogens with zero attached hydrogens (tertiary/aromatic N) is 2. The lowest BCUT2D eigenvalue weighted by Crippen LogP contribution is -2.50. The first-order valence-corrected chi connectivity index (χ1v) is 7.01. The van der Waals surface area contributed by atoms with E-state index in [2.05, 4.69) is 23.8 Å². The van der Waals surface area contributed by atoms with Crippen molar-refractivity contribution in [1.82, 2.24) is 4.90 Å². The van der Waals surface area contributed by atoms with E-state index < -0.39 is 5.97 Å². The van der Waals surface area contributed by atoms with Gasteiger partial charge in [-0.1, -0.05) is 17.7 Å². The van der Waals surface area contributed by atoms with Crippen LogP contribution in [0.3, 0.4) is 0 Å². The highest BCUT2D eigenvalue weighted by Crippen LogP contribution is 2.30. The number of rotatable bonds is 3. The highest BCUT2D eigenvalue weighted by Gasteiger charge is 2.22. The summed E-state index contributed by atoms with van der Waals surface area (Å²) in [4.78, 5) is 15.3. The molecule has 1 aliphatic heterocycles. The maximum Gasteiger partial charge on any atom is 0.328 e. The van der Waals surface area contributed by atoms with Crippen LogP contribution >= 0.6 is 11.6 Å². The predicted molar refractivity (Wildman–Crippen MR) is 82.4 cm³/mol. The monoisotopic (exact) mass is 294 g/mol. The molecule has 0 bridgehead atoms. The van der Waals surface area contributed by atoms with Crippen molar-refractivity contribution in [3.05, 3.63) is 34.9 Å². The molecule has 1 saturated heterocycles. The standard InChI is InChI=1S/C15H19ClN2O2/c1-11-10-18(9-8-17(11)2)14-5-3-4-13(16)12(14)6-7-15(19)20/h3-7,11H,8-10H2,1-2H3,(H,19,20). The van der Waals surface area contributed by atoms with Crippen molar-refractivity contribution in [1.29, 1.82) is 0 Å². The lowest BCUT2D eigenvalue weighted by molar-refractivity contribution is -0.131. The fourth-order valence-electron chi connectivity index (χ4n) is 2.39. The maximum absolute atomic E-state index is 10.7. The number of carbonyl (C=O) groups is 1.